The van der Waals surface area contributed by atoms with Crippen molar-refractivity contribution in [2.45, 2.75) is 25.8 Å². The number of hydrogen-bond acceptors (Lipinski definition) is 1. The first kappa shape index (κ1) is 13.7. The number of halogens is 2. The van der Waals surface area contributed by atoms with Gasteiger partial charge in [-0.2, -0.15) is 0 Å². The summed E-state index contributed by atoms with van der Waals surface area (Å²) in [6.07, 6.45) is 1.23. The van der Waals surface area contributed by atoms with E-state index in [0.717, 1.165) is 5.56 Å². The second kappa shape index (κ2) is 5.93. The van der Waals surface area contributed by atoms with Gasteiger partial charge < -0.3 is 5.73 Å². The molecule has 0 amide bonds. The Hall–Kier alpha value is -1.74. The van der Waals surface area contributed by atoms with Crippen LogP contribution in [0.15, 0.2) is 42.5 Å². The maximum absolute atomic E-state index is 13.6. The van der Waals surface area contributed by atoms with E-state index in [1.807, 2.05) is 31.2 Å². The third-order valence-corrected chi connectivity index (χ3v) is 3.36. The summed E-state index contributed by atoms with van der Waals surface area (Å²) in [5.74, 6) is -1.14. The molecule has 1 unspecified atom stereocenters. The molecule has 0 spiro atoms. The van der Waals surface area contributed by atoms with Gasteiger partial charge in [-0.15, -0.1) is 0 Å². The topological polar surface area (TPSA) is 26.0 Å². The smallest absolute Gasteiger partial charge is 0.130 e. The lowest BCUT2D eigenvalue weighted by Crippen LogP contribution is -2.15. The van der Waals surface area contributed by atoms with Crippen molar-refractivity contribution < 1.29 is 8.78 Å². The maximum Gasteiger partial charge on any atom is 0.130 e. The second-order valence-corrected chi connectivity index (χ2v) is 4.71. The summed E-state index contributed by atoms with van der Waals surface area (Å²) in [5.41, 5.74) is 8.23. The zero-order valence-electron chi connectivity index (χ0n) is 10.9. The molecule has 2 aromatic carbocycles. The van der Waals surface area contributed by atoms with Gasteiger partial charge in [0.2, 0.25) is 0 Å². The minimum atomic E-state index is -0.624. The molecule has 0 aromatic heterocycles. The molecule has 0 radical (unpaired) electrons. The first-order valence-electron chi connectivity index (χ1n) is 6.33. The molecule has 0 bridgehead atoms. The van der Waals surface area contributed by atoms with E-state index in [4.69, 9.17) is 5.73 Å². The van der Waals surface area contributed by atoms with Crippen LogP contribution in [0.5, 0.6) is 0 Å². The van der Waals surface area contributed by atoms with Crippen LogP contribution < -0.4 is 5.73 Å². The number of aryl methyl sites for hydroxylation is 2. The lowest BCUT2D eigenvalue weighted by molar-refractivity contribution is 0.512. The van der Waals surface area contributed by atoms with Crippen molar-refractivity contribution >= 4 is 0 Å². The average Bonchev–Trinajstić information content (AvgIpc) is 2.37. The Kier molecular flexibility index (Phi) is 4.27. The monoisotopic (exact) mass is 261 g/mol. The highest BCUT2D eigenvalue weighted by Crippen LogP contribution is 2.23. The quantitative estimate of drug-likeness (QED) is 0.887. The first-order valence-corrected chi connectivity index (χ1v) is 6.33. The van der Waals surface area contributed by atoms with E-state index < -0.39 is 17.7 Å². The summed E-state index contributed by atoms with van der Waals surface area (Å²) in [7, 11) is 0. The lowest BCUT2D eigenvalue weighted by Gasteiger charge is -2.14. The second-order valence-electron chi connectivity index (χ2n) is 4.71. The molecule has 0 aliphatic rings. The molecule has 0 saturated heterocycles. The van der Waals surface area contributed by atoms with Crippen molar-refractivity contribution in [3.8, 4) is 0 Å². The molecule has 100 valence electrons. The molecular weight excluding hydrogens is 244 g/mol. The highest BCUT2D eigenvalue weighted by atomic mass is 19.1. The fourth-order valence-corrected chi connectivity index (χ4v) is 2.21. The Labute approximate surface area is 112 Å². The molecule has 19 heavy (non-hydrogen) atoms. The van der Waals surface area contributed by atoms with E-state index in [1.165, 1.54) is 23.8 Å². The fraction of sp³-hybridized carbons (Fsp3) is 0.250. The molecule has 2 aromatic rings. The van der Waals surface area contributed by atoms with Crippen molar-refractivity contribution in [3.05, 3.63) is 70.8 Å². The predicted octanol–water partition coefficient (Wildman–Crippen LogP) is 3.91. The van der Waals surface area contributed by atoms with Gasteiger partial charge in [0.25, 0.3) is 0 Å². The summed E-state index contributed by atoms with van der Waals surface area (Å²) >= 11 is 0. The summed E-state index contributed by atoms with van der Waals surface area (Å²) in [4.78, 5) is 0. The molecule has 0 saturated carbocycles. The molecule has 1 nitrogen and oxygen atoms in total. The molecule has 0 fully saturated rings. The van der Waals surface area contributed by atoms with Crippen molar-refractivity contribution in [1.29, 1.82) is 0 Å². The molecule has 1 atom stereocenters. The molecule has 0 aliphatic carbocycles. The van der Waals surface area contributed by atoms with Gasteiger partial charge in [0, 0.05) is 11.6 Å². The van der Waals surface area contributed by atoms with Crippen LogP contribution in [0.3, 0.4) is 0 Å². The number of nitrogens with two attached hydrogens (primary N) is 1. The summed E-state index contributed by atoms with van der Waals surface area (Å²) in [5, 5.41) is 0. The van der Waals surface area contributed by atoms with Gasteiger partial charge in [-0.05, 0) is 43.0 Å². The number of rotatable bonds is 4. The summed E-state index contributed by atoms with van der Waals surface area (Å²) in [6.45, 7) is 2.02. The van der Waals surface area contributed by atoms with Gasteiger partial charge in [0.15, 0.2) is 0 Å². The van der Waals surface area contributed by atoms with Crippen LogP contribution in [0.25, 0.3) is 0 Å². The van der Waals surface area contributed by atoms with Crippen molar-refractivity contribution in [1.82, 2.24) is 0 Å². The first-order chi connectivity index (χ1) is 9.09. The van der Waals surface area contributed by atoms with E-state index in [9.17, 15) is 8.78 Å². The zero-order chi connectivity index (χ0) is 13.8. The summed E-state index contributed by atoms with van der Waals surface area (Å²) < 4.78 is 27.2. The van der Waals surface area contributed by atoms with Crippen LogP contribution in [-0.2, 0) is 6.42 Å². The normalized spacial score (nSPS) is 12.4. The Morgan fingerprint density at radius 3 is 2.26 bits per heavy atom. The maximum atomic E-state index is 13.6. The van der Waals surface area contributed by atoms with Gasteiger partial charge in [-0.3, -0.25) is 0 Å². The molecular formula is C16H17F2N. The van der Waals surface area contributed by atoms with Gasteiger partial charge >= 0.3 is 0 Å². The standard InChI is InChI=1S/C16H17F2N/c1-11-5-2-3-6-12(11)9-10-15(19)16-13(17)7-4-8-14(16)18/h2-8,15H,9-10,19H2,1H3. The Balaban J connectivity index is 2.10. The summed E-state index contributed by atoms with van der Waals surface area (Å²) in [6, 6.07) is 11.2. The highest BCUT2D eigenvalue weighted by molar-refractivity contribution is 5.27. The van der Waals surface area contributed by atoms with Crippen molar-refractivity contribution in [2.75, 3.05) is 0 Å². The lowest BCUT2D eigenvalue weighted by atomic mass is 9.97. The minimum Gasteiger partial charge on any atom is -0.324 e. The van der Waals surface area contributed by atoms with Gasteiger partial charge in [-0.1, -0.05) is 30.3 Å². The van der Waals surface area contributed by atoms with Crippen LogP contribution in [-0.4, -0.2) is 0 Å². The zero-order valence-corrected chi connectivity index (χ0v) is 10.9. The van der Waals surface area contributed by atoms with E-state index in [0.29, 0.717) is 12.8 Å². The largest absolute Gasteiger partial charge is 0.324 e. The Morgan fingerprint density at radius 1 is 1.00 bits per heavy atom. The highest BCUT2D eigenvalue weighted by Gasteiger charge is 2.16. The average molecular weight is 261 g/mol. The van der Waals surface area contributed by atoms with Crippen molar-refractivity contribution in [3.63, 3.8) is 0 Å². The van der Waals surface area contributed by atoms with E-state index in [-0.39, 0.29) is 5.56 Å². The fourth-order valence-electron chi connectivity index (χ4n) is 2.21. The van der Waals surface area contributed by atoms with Crippen LogP contribution in [0.2, 0.25) is 0 Å². The molecule has 3 heteroatoms. The van der Waals surface area contributed by atoms with Gasteiger partial charge in [0.1, 0.15) is 11.6 Å². The number of hydrogen-bond donors (Lipinski definition) is 1. The molecule has 0 aliphatic heterocycles. The van der Waals surface area contributed by atoms with Crippen molar-refractivity contribution in [2.24, 2.45) is 5.73 Å². The third-order valence-electron chi connectivity index (χ3n) is 3.36. The van der Waals surface area contributed by atoms with Gasteiger partial charge in [0.05, 0.1) is 0 Å². The van der Waals surface area contributed by atoms with E-state index in [1.54, 1.807) is 0 Å². The van der Waals surface area contributed by atoms with Crippen LogP contribution >= 0.6 is 0 Å². The van der Waals surface area contributed by atoms with E-state index >= 15 is 0 Å². The Bertz CT molecular complexity index is 546. The Morgan fingerprint density at radius 2 is 1.63 bits per heavy atom. The van der Waals surface area contributed by atoms with Gasteiger partial charge in [-0.25, -0.2) is 8.78 Å². The van der Waals surface area contributed by atoms with E-state index in [2.05, 4.69) is 0 Å². The SMILES string of the molecule is Cc1ccccc1CCC(N)c1c(F)cccc1F. The third kappa shape index (κ3) is 3.18. The predicted molar refractivity (Wildman–Crippen MR) is 72.8 cm³/mol. The molecule has 0 heterocycles. The number of benzene rings is 2. The van der Waals surface area contributed by atoms with Crippen LogP contribution in [0, 0.1) is 18.6 Å². The minimum absolute atomic E-state index is 0.0175. The van der Waals surface area contributed by atoms with Crippen LogP contribution in [0.1, 0.15) is 29.2 Å². The molecule has 2 N–H and O–H groups in total. The molecule has 2 rings (SSSR count). The van der Waals surface area contributed by atoms with Crippen LogP contribution in [0.4, 0.5) is 8.78 Å².